The van der Waals surface area contributed by atoms with Crippen LogP contribution in [0.3, 0.4) is 0 Å². The van der Waals surface area contributed by atoms with Crippen molar-refractivity contribution < 1.29 is 38.2 Å². The number of hydrogen-bond donors (Lipinski definition) is 1. The predicted molar refractivity (Wildman–Crippen MR) is 107 cm³/mol. The molecule has 0 saturated carbocycles. The number of nitrogens with one attached hydrogen (secondary N) is 1. The summed E-state index contributed by atoms with van der Waals surface area (Å²) in [7, 11) is 0. The van der Waals surface area contributed by atoms with E-state index in [4.69, 9.17) is 9.47 Å². The molecule has 0 aliphatic carbocycles. The summed E-state index contributed by atoms with van der Waals surface area (Å²) in [5, 5.41) is 2.40. The molecule has 0 saturated heterocycles. The molecule has 9 nitrogen and oxygen atoms in total. The number of ketones is 1. The fraction of sp³-hybridized carbons (Fsp3) is 0.476. The van der Waals surface area contributed by atoms with E-state index in [9.17, 15) is 24.0 Å². The average Bonchev–Trinajstić information content (AvgIpc) is 2.72. The summed E-state index contributed by atoms with van der Waals surface area (Å²) < 4.78 is 14.5. The molecule has 1 rings (SSSR count). The van der Waals surface area contributed by atoms with E-state index in [1.165, 1.54) is 12.1 Å². The lowest BCUT2D eigenvalue weighted by Gasteiger charge is -2.16. The summed E-state index contributed by atoms with van der Waals surface area (Å²) in [4.78, 5) is 60.5. The van der Waals surface area contributed by atoms with E-state index in [0.29, 0.717) is 12.0 Å². The molecule has 0 atom stereocenters. The smallest absolute Gasteiger partial charge is 0.397 e. The lowest BCUT2D eigenvalue weighted by atomic mass is 9.96. The maximum Gasteiger partial charge on any atom is 0.397 e. The summed E-state index contributed by atoms with van der Waals surface area (Å²) >= 11 is 0. The first-order valence-corrected chi connectivity index (χ1v) is 9.79. The minimum atomic E-state index is -1.10. The Morgan fingerprint density at radius 1 is 0.833 bits per heavy atom. The van der Waals surface area contributed by atoms with Crippen LogP contribution >= 0.6 is 0 Å². The Hall–Kier alpha value is -3.23. The highest BCUT2D eigenvalue weighted by Gasteiger charge is 2.24. The van der Waals surface area contributed by atoms with Crippen LogP contribution in [0.25, 0.3) is 0 Å². The quantitative estimate of drug-likeness (QED) is 0.264. The Morgan fingerprint density at radius 3 is 2.03 bits per heavy atom. The highest BCUT2D eigenvalue weighted by atomic mass is 16.5. The molecule has 0 spiro atoms. The lowest BCUT2D eigenvalue weighted by molar-refractivity contribution is -0.152. The standard InChI is InChI=1S/C21H27NO8/c1-5-13-11-14(20(26)29-7-3)12-15(16(23)9-10-17(24)28-6-2)18(13)22-19(25)21(27)30-8-4/h11-12H,5-10H2,1-4H3,(H,22,25). The van der Waals surface area contributed by atoms with Gasteiger partial charge in [-0.1, -0.05) is 6.92 Å². The van der Waals surface area contributed by atoms with Crippen molar-refractivity contribution in [3.05, 3.63) is 28.8 Å². The van der Waals surface area contributed by atoms with Crippen LogP contribution in [0.1, 0.15) is 66.8 Å². The van der Waals surface area contributed by atoms with Crippen molar-refractivity contribution >= 4 is 35.3 Å². The second-order valence-corrected chi connectivity index (χ2v) is 6.03. The third-order valence-corrected chi connectivity index (χ3v) is 3.97. The molecule has 0 aliphatic heterocycles. The van der Waals surface area contributed by atoms with Crippen molar-refractivity contribution in [3.8, 4) is 0 Å². The largest absolute Gasteiger partial charge is 0.466 e. The number of aryl methyl sites for hydroxylation is 1. The number of rotatable bonds is 10. The molecular weight excluding hydrogens is 394 g/mol. The van der Waals surface area contributed by atoms with Crippen molar-refractivity contribution in [2.75, 3.05) is 25.1 Å². The maximum absolute atomic E-state index is 12.8. The van der Waals surface area contributed by atoms with Crippen molar-refractivity contribution in [1.29, 1.82) is 0 Å². The van der Waals surface area contributed by atoms with E-state index in [-0.39, 0.29) is 49.5 Å². The zero-order valence-electron chi connectivity index (χ0n) is 17.7. The van der Waals surface area contributed by atoms with Crippen molar-refractivity contribution in [3.63, 3.8) is 0 Å². The zero-order valence-corrected chi connectivity index (χ0v) is 17.7. The van der Waals surface area contributed by atoms with Gasteiger partial charge in [0, 0.05) is 12.0 Å². The van der Waals surface area contributed by atoms with Crippen LogP contribution in [0.4, 0.5) is 5.69 Å². The van der Waals surface area contributed by atoms with Crippen LogP contribution in [-0.4, -0.2) is 49.4 Å². The minimum Gasteiger partial charge on any atom is -0.466 e. The molecule has 1 aromatic rings. The molecule has 1 N–H and O–H groups in total. The summed E-state index contributed by atoms with van der Waals surface area (Å²) in [6.07, 6.45) is -0.0105. The minimum absolute atomic E-state index is 0.000602. The highest BCUT2D eigenvalue weighted by molar-refractivity contribution is 6.37. The van der Waals surface area contributed by atoms with Gasteiger partial charge in [-0.3, -0.25) is 14.4 Å². The predicted octanol–water partition coefficient (Wildman–Crippen LogP) is 2.45. The molecule has 1 amide bonds. The zero-order chi connectivity index (χ0) is 22.7. The Morgan fingerprint density at radius 2 is 1.47 bits per heavy atom. The SMILES string of the molecule is CCOC(=O)CCC(=O)c1cc(C(=O)OCC)cc(CC)c1NC(=O)C(=O)OCC. The summed E-state index contributed by atoms with van der Waals surface area (Å²) in [5.74, 6) is -3.81. The number of carbonyl (C=O) groups excluding carboxylic acids is 5. The van der Waals surface area contributed by atoms with Crippen LogP contribution < -0.4 is 5.32 Å². The van der Waals surface area contributed by atoms with Gasteiger partial charge in [0.2, 0.25) is 0 Å². The van der Waals surface area contributed by atoms with E-state index in [1.807, 2.05) is 0 Å². The molecule has 0 heterocycles. The van der Waals surface area contributed by atoms with Gasteiger partial charge in [0.25, 0.3) is 0 Å². The lowest BCUT2D eigenvalue weighted by Crippen LogP contribution is -2.27. The molecule has 0 fully saturated rings. The fourth-order valence-corrected chi connectivity index (χ4v) is 2.63. The van der Waals surface area contributed by atoms with Crippen molar-refractivity contribution in [2.24, 2.45) is 0 Å². The van der Waals surface area contributed by atoms with Crippen molar-refractivity contribution in [2.45, 2.75) is 47.0 Å². The van der Waals surface area contributed by atoms with E-state index < -0.39 is 29.6 Å². The first-order chi connectivity index (χ1) is 14.3. The molecule has 9 heteroatoms. The number of amides is 1. The Bertz CT molecular complexity index is 815. The molecule has 1 aromatic carbocycles. The van der Waals surface area contributed by atoms with Gasteiger partial charge in [-0.05, 0) is 44.9 Å². The maximum atomic E-state index is 12.8. The Kier molecular flexibility index (Phi) is 10.2. The molecule has 0 bridgehead atoms. The normalized spacial score (nSPS) is 10.1. The topological polar surface area (TPSA) is 125 Å². The van der Waals surface area contributed by atoms with Gasteiger partial charge in [-0.15, -0.1) is 0 Å². The highest BCUT2D eigenvalue weighted by Crippen LogP contribution is 2.27. The van der Waals surface area contributed by atoms with E-state index >= 15 is 0 Å². The summed E-state index contributed by atoms with van der Waals surface area (Å²) in [5.41, 5.74) is 0.678. The molecule has 164 valence electrons. The Balaban J connectivity index is 3.35. The summed E-state index contributed by atoms with van der Waals surface area (Å²) in [6.45, 7) is 6.97. The van der Waals surface area contributed by atoms with Crippen LogP contribution in [0.5, 0.6) is 0 Å². The van der Waals surface area contributed by atoms with Crippen LogP contribution in [-0.2, 0) is 35.0 Å². The van der Waals surface area contributed by atoms with Gasteiger partial charge in [-0.25, -0.2) is 9.59 Å². The molecule has 0 aromatic heterocycles. The monoisotopic (exact) mass is 421 g/mol. The van der Waals surface area contributed by atoms with Gasteiger partial charge in [0.15, 0.2) is 5.78 Å². The fourth-order valence-electron chi connectivity index (χ4n) is 2.63. The Labute approximate surface area is 175 Å². The first kappa shape index (κ1) is 24.8. The van der Waals surface area contributed by atoms with Gasteiger partial charge in [-0.2, -0.15) is 0 Å². The second-order valence-electron chi connectivity index (χ2n) is 6.03. The van der Waals surface area contributed by atoms with E-state index in [2.05, 4.69) is 10.1 Å². The van der Waals surface area contributed by atoms with Gasteiger partial charge < -0.3 is 19.5 Å². The summed E-state index contributed by atoms with van der Waals surface area (Å²) in [6, 6.07) is 2.77. The van der Waals surface area contributed by atoms with Crippen LogP contribution in [0.15, 0.2) is 12.1 Å². The third kappa shape index (κ3) is 6.98. The number of anilines is 1. The van der Waals surface area contributed by atoms with Crippen LogP contribution in [0, 0.1) is 0 Å². The van der Waals surface area contributed by atoms with E-state index in [0.717, 1.165) is 0 Å². The van der Waals surface area contributed by atoms with Gasteiger partial charge >= 0.3 is 23.8 Å². The van der Waals surface area contributed by atoms with Gasteiger partial charge in [0.05, 0.1) is 37.5 Å². The third-order valence-electron chi connectivity index (χ3n) is 3.97. The number of hydrogen-bond acceptors (Lipinski definition) is 8. The van der Waals surface area contributed by atoms with Crippen LogP contribution in [0.2, 0.25) is 0 Å². The number of benzene rings is 1. The van der Waals surface area contributed by atoms with Crippen molar-refractivity contribution in [1.82, 2.24) is 0 Å². The van der Waals surface area contributed by atoms with E-state index in [1.54, 1.807) is 27.7 Å². The molecule has 0 unspecified atom stereocenters. The second kappa shape index (κ2) is 12.4. The molecule has 0 aliphatic rings. The molecule has 30 heavy (non-hydrogen) atoms. The van der Waals surface area contributed by atoms with Gasteiger partial charge in [0.1, 0.15) is 0 Å². The first-order valence-electron chi connectivity index (χ1n) is 9.79. The average molecular weight is 421 g/mol. The molecular formula is C21H27NO8. The number of esters is 3. The number of ether oxygens (including phenoxy) is 3. The number of Topliss-reactive ketones (excluding diaryl/α,β-unsaturated/α-hetero) is 1. The number of carbonyl (C=O) groups is 5. The molecule has 0 radical (unpaired) electrons.